The van der Waals surface area contributed by atoms with Crippen molar-refractivity contribution >= 4 is 5.69 Å². The number of benzene rings is 2. The number of para-hydroxylation sites is 1. The van der Waals surface area contributed by atoms with E-state index >= 15 is 0 Å². The van der Waals surface area contributed by atoms with Gasteiger partial charge in [-0.2, -0.15) is 0 Å². The topological polar surface area (TPSA) is 44.5 Å². The Balaban J connectivity index is 2.59. The number of anilines is 1. The van der Waals surface area contributed by atoms with Gasteiger partial charge in [0.15, 0.2) is 11.5 Å². The second-order valence-corrected chi connectivity index (χ2v) is 4.11. The Kier molecular flexibility index (Phi) is 3.42. The van der Waals surface area contributed by atoms with Crippen LogP contribution in [-0.4, -0.2) is 14.2 Å². The van der Waals surface area contributed by atoms with Crippen LogP contribution in [0.15, 0.2) is 36.4 Å². The van der Waals surface area contributed by atoms with Gasteiger partial charge in [-0.3, -0.25) is 0 Å². The van der Waals surface area contributed by atoms with Gasteiger partial charge in [-0.1, -0.05) is 18.2 Å². The molecule has 0 heterocycles. The maximum Gasteiger partial charge on any atom is 0.168 e. The molecule has 0 bridgehead atoms. The van der Waals surface area contributed by atoms with Crippen molar-refractivity contribution in [2.24, 2.45) is 0 Å². The summed E-state index contributed by atoms with van der Waals surface area (Å²) in [5, 5.41) is 0. The second kappa shape index (κ2) is 5.00. The number of hydrogen-bond acceptors (Lipinski definition) is 3. The molecule has 0 aromatic heterocycles. The summed E-state index contributed by atoms with van der Waals surface area (Å²) in [6, 6.07) is 11.8. The van der Waals surface area contributed by atoms with E-state index in [2.05, 4.69) is 0 Å². The lowest BCUT2D eigenvalue weighted by Gasteiger charge is -2.13. The van der Waals surface area contributed by atoms with E-state index < -0.39 is 0 Å². The zero-order chi connectivity index (χ0) is 13.1. The zero-order valence-corrected chi connectivity index (χ0v) is 10.9. The van der Waals surface area contributed by atoms with Crippen LogP contribution in [0.5, 0.6) is 11.5 Å². The lowest BCUT2D eigenvalue weighted by atomic mass is 10.0. The second-order valence-electron chi connectivity index (χ2n) is 4.11. The molecule has 0 spiro atoms. The van der Waals surface area contributed by atoms with Crippen molar-refractivity contribution in [3.8, 4) is 22.6 Å². The Morgan fingerprint density at radius 1 is 1.00 bits per heavy atom. The maximum absolute atomic E-state index is 5.84. The molecule has 0 radical (unpaired) electrons. The third-order valence-corrected chi connectivity index (χ3v) is 2.98. The molecular formula is C15H17NO2. The van der Waals surface area contributed by atoms with Crippen LogP contribution >= 0.6 is 0 Å². The molecular weight excluding hydrogens is 226 g/mol. The highest BCUT2D eigenvalue weighted by Gasteiger charge is 2.11. The highest BCUT2D eigenvalue weighted by molar-refractivity contribution is 5.75. The first-order valence-electron chi connectivity index (χ1n) is 5.75. The van der Waals surface area contributed by atoms with E-state index in [9.17, 15) is 0 Å². The van der Waals surface area contributed by atoms with Crippen LogP contribution < -0.4 is 15.2 Å². The normalized spacial score (nSPS) is 10.2. The molecule has 2 rings (SSSR count). The van der Waals surface area contributed by atoms with Crippen molar-refractivity contribution in [1.29, 1.82) is 0 Å². The Morgan fingerprint density at radius 3 is 2.39 bits per heavy atom. The largest absolute Gasteiger partial charge is 0.493 e. The molecule has 94 valence electrons. The molecule has 2 aromatic rings. The molecule has 0 saturated carbocycles. The molecule has 0 aliphatic rings. The molecule has 3 nitrogen and oxygen atoms in total. The summed E-state index contributed by atoms with van der Waals surface area (Å²) in [5.41, 5.74) is 9.75. The van der Waals surface area contributed by atoms with Gasteiger partial charge in [0.05, 0.1) is 14.2 Å². The monoisotopic (exact) mass is 243 g/mol. The number of methoxy groups -OCH3 is 2. The van der Waals surface area contributed by atoms with Gasteiger partial charge in [0, 0.05) is 11.3 Å². The van der Waals surface area contributed by atoms with Crippen LogP contribution in [0, 0.1) is 6.92 Å². The fraction of sp³-hybridized carbons (Fsp3) is 0.200. The van der Waals surface area contributed by atoms with E-state index in [1.165, 1.54) is 0 Å². The summed E-state index contributed by atoms with van der Waals surface area (Å²) < 4.78 is 10.7. The van der Waals surface area contributed by atoms with Gasteiger partial charge in [0.2, 0.25) is 0 Å². The van der Waals surface area contributed by atoms with Gasteiger partial charge in [0.25, 0.3) is 0 Å². The molecule has 2 N–H and O–H groups in total. The summed E-state index contributed by atoms with van der Waals surface area (Å²) in [6.07, 6.45) is 0. The molecule has 0 aliphatic carbocycles. The molecule has 3 heteroatoms. The van der Waals surface area contributed by atoms with Crippen LogP contribution in [0.1, 0.15) is 5.56 Å². The standard InChI is InChI=1S/C15H17NO2/c1-10-9-11(7-8-13(10)16)12-5-4-6-14(17-2)15(12)18-3/h4-9H,16H2,1-3H3. The first-order valence-corrected chi connectivity index (χ1v) is 5.75. The smallest absolute Gasteiger partial charge is 0.168 e. The Labute approximate surface area is 107 Å². The summed E-state index contributed by atoms with van der Waals surface area (Å²) in [6.45, 7) is 1.99. The third-order valence-electron chi connectivity index (χ3n) is 2.98. The number of nitrogens with two attached hydrogens (primary N) is 1. The Hall–Kier alpha value is -2.16. The summed E-state index contributed by atoms with van der Waals surface area (Å²) >= 11 is 0. The van der Waals surface area contributed by atoms with Gasteiger partial charge in [-0.25, -0.2) is 0 Å². The highest BCUT2D eigenvalue weighted by Crippen LogP contribution is 2.38. The molecule has 0 saturated heterocycles. The summed E-state index contributed by atoms with van der Waals surface area (Å²) in [7, 11) is 3.28. The maximum atomic E-state index is 5.84. The van der Waals surface area contributed by atoms with Crippen molar-refractivity contribution in [2.75, 3.05) is 20.0 Å². The third kappa shape index (κ3) is 2.12. The minimum absolute atomic E-state index is 0.726. The lowest BCUT2D eigenvalue weighted by Crippen LogP contribution is -1.94. The van der Waals surface area contributed by atoms with Crippen molar-refractivity contribution in [3.05, 3.63) is 42.0 Å². The fourth-order valence-corrected chi connectivity index (χ4v) is 1.96. The number of ether oxygens (including phenoxy) is 2. The molecule has 0 aliphatic heterocycles. The van der Waals surface area contributed by atoms with Gasteiger partial charge < -0.3 is 15.2 Å². The molecule has 0 amide bonds. The average Bonchev–Trinajstić information content (AvgIpc) is 2.40. The number of hydrogen-bond donors (Lipinski definition) is 1. The predicted molar refractivity (Wildman–Crippen MR) is 74.1 cm³/mol. The van der Waals surface area contributed by atoms with Crippen molar-refractivity contribution in [1.82, 2.24) is 0 Å². The van der Waals surface area contributed by atoms with E-state index in [1.54, 1.807) is 14.2 Å². The number of nitrogen functional groups attached to an aromatic ring is 1. The molecule has 0 unspecified atom stereocenters. The van der Waals surface area contributed by atoms with E-state index in [1.807, 2.05) is 43.3 Å². The molecule has 0 atom stereocenters. The predicted octanol–water partition coefficient (Wildman–Crippen LogP) is 3.26. The van der Waals surface area contributed by atoms with Gasteiger partial charge in [-0.15, -0.1) is 0 Å². The molecule has 2 aromatic carbocycles. The first kappa shape index (κ1) is 12.3. The molecule has 18 heavy (non-hydrogen) atoms. The molecule has 0 fully saturated rings. The van der Waals surface area contributed by atoms with Crippen molar-refractivity contribution < 1.29 is 9.47 Å². The number of aryl methyl sites for hydroxylation is 1. The van der Waals surface area contributed by atoms with Crippen LogP contribution in [0.4, 0.5) is 5.69 Å². The number of rotatable bonds is 3. The Morgan fingerprint density at radius 2 is 1.78 bits per heavy atom. The summed E-state index contributed by atoms with van der Waals surface area (Å²) in [5.74, 6) is 1.47. The zero-order valence-electron chi connectivity index (χ0n) is 10.9. The van der Waals surface area contributed by atoms with Gasteiger partial charge in [0.1, 0.15) is 0 Å². The lowest BCUT2D eigenvalue weighted by molar-refractivity contribution is 0.356. The van der Waals surface area contributed by atoms with Crippen LogP contribution in [0.2, 0.25) is 0 Å². The van der Waals surface area contributed by atoms with Crippen molar-refractivity contribution in [2.45, 2.75) is 6.92 Å². The van der Waals surface area contributed by atoms with Crippen LogP contribution in [-0.2, 0) is 0 Å². The quantitative estimate of drug-likeness (QED) is 0.841. The van der Waals surface area contributed by atoms with Gasteiger partial charge in [-0.05, 0) is 36.2 Å². The minimum Gasteiger partial charge on any atom is -0.493 e. The minimum atomic E-state index is 0.726. The van der Waals surface area contributed by atoms with Crippen LogP contribution in [0.25, 0.3) is 11.1 Å². The van der Waals surface area contributed by atoms with E-state index in [0.29, 0.717) is 0 Å². The van der Waals surface area contributed by atoms with Crippen molar-refractivity contribution in [3.63, 3.8) is 0 Å². The first-order chi connectivity index (χ1) is 8.67. The average molecular weight is 243 g/mol. The Bertz CT molecular complexity index is 564. The SMILES string of the molecule is COc1cccc(-c2ccc(N)c(C)c2)c1OC. The highest BCUT2D eigenvalue weighted by atomic mass is 16.5. The summed E-state index contributed by atoms with van der Waals surface area (Å²) in [4.78, 5) is 0. The van der Waals surface area contributed by atoms with Gasteiger partial charge >= 0.3 is 0 Å². The van der Waals surface area contributed by atoms with Crippen LogP contribution in [0.3, 0.4) is 0 Å². The van der Waals surface area contributed by atoms with E-state index in [4.69, 9.17) is 15.2 Å². The van der Waals surface area contributed by atoms with E-state index in [0.717, 1.165) is 33.9 Å². The fourth-order valence-electron chi connectivity index (χ4n) is 1.96. The van der Waals surface area contributed by atoms with E-state index in [-0.39, 0.29) is 0 Å².